The first-order chi connectivity index (χ1) is 12.6. The van der Waals surface area contributed by atoms with Gasteiger partial charge in [-0.2, -0.15) is 0 Å². The summed E-state index contributed by atoms with van der Waals surface area (Å²) in [5.74, 6) is -0.550. The fraction of sp³-hybridized carbons (Fsp3) is 0.650. The molecule has 1 aromatic carbocycles. The number of carbonyl (C=O) groups is 1. The number of ether oxygens (including phenoxy) is 2. The van der Waals surface area contributed by atoms with Crippen LogP contribution in [0.4, 0.5) is 4.39 Å². The summed E-state index contributed by atoms with van der Waals surface area (Å²) in [6.07, 6.45) is 5.08. The van der Waals surface area contributed by atoms with Crippen LogP contribution in [0.25, 0.3) is 0 Å². The van der Waals surface area contributed by atoms with E-state index in [0.29, 0.717) is 6.54 Å². The van der Waals surface area contributed by atoms with E-state index in [2.05, 4.69) is 10.2 Å². The first-order valence-electron chi connectivity index (χ1n) is 9.62. The van der Waals surface area contributed by atoms with Crippen LogP contribution in [-0.2, 0) is 9.53 Å². The molecule has 0 unspecified atom stereocenters. The maximum atomic E-state index is 13.7. The van der Waals surface area contributed by atoms with E-state index in [1.165, 1.54) is 31.4 Å². The zero-order valence-corrected chi connectivity index (χ0v) is 15.5. The van der Waals surface area contributed by atoms with Crippen molar-refractivity contribution in [2.24, 2.45) is 0 Å². The van der Waals surface area contributed by atoms with Crippen molar-refractivity contribution >= 4 is 5.91 Å². The Morgan fingerprint density at radius 2 is 1.96 bits per heavy atom. The van der Waals surface area contributed by atoms with Crippen LogP contribution in [0.15, 0.2) is 24.3 Å². The van der Waals surface area contributed by atoms with E-state index in [4.69, 9.17) is 9.47 Å². The number of hydrogen-bond acceptors (Lipinski definition) is 4. The molecular weight excluding hydrogens is 335 g/mol. The predicted octanol–water partition coefficient (Wildman–Crippen LogP) is 2.74. The van der Waals surface area contributed by atoms with Gasteiger partial charge in [0, 0.05) is 25.2 Å². The number of nitrogens with one attached hydrogen (secondary N) is 1. The highest BCUT2D eigenvalue weighted by Gasteiger charge is 2.39. The van der Waals surface area contributed by atoms with Crippen molar-refractivity contribution in [3.8, 4) is 5.75 Å². The zero-order chi connectivity index (χ0) is 18.4. The normalized spacial score (nSPS) is 21.8. The number of carbonyl (C=O) groups excluding carboxylic acids is 1. The van der Waals surface area contributed by atoms with Crippen LogP contribution in [0.3, 0.4) is 0 Å². The molecule has 0 radical (unpaired) electrons. The average Bonchev–Trinajstić information content (AvgIpc) is 2.69. The second-order valence-electron chi connectivity index (χ2n) is 7.29. The Bertz CT molecular complexity index is 598. The SMILES string of the molecule is C[C@@H](Oc1ccccc1F)C(=O)NCC1(N2CCOCC2)CCCCC1. The number of hydrogen-bond donors (Lipinski definition) is 1. The molecule has 0 aromatic heterocycles. The highest BCUT2D eigenvalue weighted by atomic mass is 19.1. The van der Waals surface area contributed by atoms with Gasteiger partial charge in [0.15, 0.2) is 17.7 Å². The molecule has 2 aliphatic rings. The fourth-order valence-electron chi connectivity index (χ4n) is 4.03. The van der Waals surface area contributed by atoms with Crippen molar-refractivity contribution in [3.05, 3.63) is 30.1 Å². The van der Waals surface area contributed by atoms with Crippen molar-refractivity contribution in [1.29, 1.82) is 0 Å². The number of para-hydroxylation sites is 1. The molecule has 1 aliphatic heterocycles. The summed E-state index contributed by atoms with van der Waals surface area (Å²) in [6.45, 7) is 5.60. The molecule has 1 saturated heterocycles. The molecule has 26 heavy (non-hydrogen) atoms. The Kier molecular flexibility index (Phi) is 6.48. The smallest absolute Gasteiger partial charge is 0.260 e. The fourth-order valence-corrected chi connectivity index (χ4v) is 4.03. The molecule has 0 bridgehead atoms. The number of amides is 1. The van der Waals surface area contributed by atoms with Gasteiger partial charge in [-0.15, -0.1) is 0 Å². The molecule has 1 heterocycles. The van der Waals surface area contributed by atoms with E-state index >= 15 is 0 Å². The van der Waals surface area contributed by atoms with Gasteiger partial charge in [-0.1, -0.05) is 31.4 Å². The quantitative estimate of drug-likeness (QED) is 0.843. The lowest BCUT2D eigenvalue weighted by Crippen LogP contribution is -2.60. The second kappa shape index (κ2) is 8.82. The maximum Gasteiger partial charge on any atom is 0.260 e. The number of rotatable bonds is 6. The monoisotopic (exact) mass is 364 g/mol. The summed E-state index contributed by atoms with van der Waals surface area (Å²) in [4.78, 5) is 15.0. The molecular formula is C20H29FN2O3. The molecule has 144 valence electrons. The van der Waals surface area contributed by atoms with E-state index in [1.807, 2.05) is 0 Å². The molecule has 0 spiro atoms. The van der Waals surface area contributed by atoms with Crippen LogP contribution in [0.5, 0.6) is 5.75 Å². The minimum absolute atomic E-state index is 0.00933. The first kappa shape index (κ1) is 19.1. The molecule has 5 nitrogen and oxygen atoms in total. The topological polar surface area (TPSA) is 50.8 Å². The van der Waals surface area contributed by atoms with Gasteiger partial charge in [-0.25, -0.2) is 4.39 Å². The average molecular weight is 364 g/mol. The molecule has 1 saturated carbocycles. The molecule has 1 amide bonds. The van der Waals surface area contributed by atoms with Crippen LogP contribution in [0.2, 0.25) is 0 Å². The Labute approximate surface area is 154 Å². The van der Waals surface area contributed by atoms with Gasteiger partial charge < -0.3 is 14.8 Å². The van der Waals surface area contributed by atoms with Gasteiger partial charge in [-0.3, -0.25) is 9.69 Å². The number of morpholine rings is 1. The van der Waals surface area contributed by atoms with E-state index in [0.717, 1.165) is 39.1 Å². The van der Waals surface area contributed by atoms with Crippen molar-refractivity contribution in [1.82, 2.24) is 10.2 Å². The molecule has 3 rings (SSSR count). The molecule has 1 aromatic rings. The van der Waals surface area contributed by atoms with Crippen molar-refractivity contribution in [3.63, 3.8) is 0 Å². The minimum Gasteiger partial charge on any atom is -0.478 e. The summed E-state index contributed by atoms with van der Waals surface area (Å²) in [7, 11) is 0. The summed E-state index contributed by atoms with van der Waals surface area (Å²) >= 11 is 0. The number of benzene rings is 1. The third-order valence-corrected chi connectivity index (χ3v) is 5.57. The van der Waals surface area contributed by atoms with Gasteiger partial charge in [0.05, 0.1) is 13.2 Å². The maximum absolute atomic E-state index is 13.7. The molecule has 1 N–H and O–H groups in total. The Hall–Kier alpha value is -1.66. The van der Waals surface area contributed by atoms with Crippen LogP contribution in [0.1, 0.15) is 39.0 Å². The third kappa shape index (κ3) is 4.54. The highest BCUT2D eigenvalue weighted by Crippen LogP contribution is 2.34. The Morgan fingerprint density at radius 1 is 1.27 bits per heavy atom. The van der Waals surface area contributed by atoms with E-state index in [9.17, 15) is 9.18 Å². The zero-order valence-electron chi connectivity index (χ0n) is 15.5. The Morgan fingerprint density at radius 3 is 2.65 bits per heavy atom. The molecule has 2 fully saturated rings. The second-order valence-corrected chi connectivity index (χ2v) is 7.29. The predicted molar refractivity (Wildman–Crippen MR) is 97.7 cm³/mol. The first-order valence-corrected chi connectivity index (χ1v) is 9.62. The van der Waals surface area contributed by atoms with Gasteiger partial charge in [0.1, 0.15) is 0 Å². The summed E-state index contributed by atoms with van der Waals surface area (Å²) < 4.78 is 24.7. The largest absolute Gasteiger partial charge is 0.478 e. The lowest BCUT2D eigenvalue weighted by atomic mass is 9.79. The minimum atomic E-state index is -0.739. The lowest BCUT2D eigenvalue weighted by Gasteiger charge is -2.48. The van der Waals surface area contributed by atoms with Gasteiger partial charge >= 0.3 is 0 Å². The Balaban J connectivity index is 1.59. The molecule has 1 aliphatic carbocycles. The highest BCUT2D eigenvalue weighted by molar-refractivity contribution is 5.80. The van der Waals surface area contributed by atoms with Gasteiger partial charge in [0.25, 0.3) is 5.91 Å². The van der Waals surface area contributed by atoms with Crippen LogP contribution >= 0.6 is 0 Å². The lowest BCUT2D eigenvalue weighted by molar-refractivity contribution is -0.128. The van der Waals surface area contributed by atoms with Crippen molar-refractivity contribution in [2.45, 2.75) is 50.7 Å². The van der Waals surface area contributed by atoms with Crippen LogP contribution < -0.4 is 10.1 Å². The van der Waals surface area contributed by atoms with E-state index < -0.39 is 11.9 Å². The number of nitrogens with zero attached hydrogens (tertiary/aromatic N) is 1. The third-order valence-electron chi connectivity index (χ3n) is 5.57. The van der Waals surface area contributed by atoms with Gasteiger partial charge in [0.2, 0.25) is 0 Å². The summed E-state index contributed by atoms with van der Waals surface area (Å²) in [6, 6.07) is 6.16. The van der Waals surface area contributed by atoms with E-state index in [1.54, 1.807) is 19.1 Å². The standard InChI is InChI=1S/C20H29FN2O3/c1-16(26-18-8-4-3-7-17(18)21)19(24)22-15-20(9-5-2-6-10-20)23-11-13-25-14-12-23/h3-4,7-8,16H,2,5-6,9-15H2,1H3,(H,22,24)/t16-/m1/s1. The van der Waals surface area contributed by atoms with Crippen LogP contribution in [0, 0.1) is 5.82 Å². The summed E-state index contributed by atoms with van der Waals surface area (Å²) in [5.41, 5.74) is 0.00933. The molecule has 6 heteroatoms. The van der Waals surface area contributed by atoms with E-state index in [-0.39, 0.29) is 17.2 Å². The van der Waals surface area contributed by atoms with Gasteiger partial charge in [-0.05, 0) is 31.9 Å². The van der Waals surface area contributed by atoms with Crippen molar-refractivity contribution in [2.75, 3.05) is 32.8 Å². The van der Waals surface area contributed by atoms with Crippen molar-refractivity contribution < 1.29 is 18.7 Å². The van der Waals surface area contributed by atoms with Crippen LogP contribution in [-0.4, -0.2) is 55.3 Å². The molecule has 1 atom stereocenters. The summed E-state index contributed by atoms with van der Waals surface area (Å²) in [5, 5.41) is 3.06. The number of halogens is 1.